The van der Waals surface area contributed by atoms with Crippen LogP contribution in [0.4, 0.5) is 4.39 Å². The lowest BCUT2D eigenvalue weighted by molar-refractivity contribution is -0.0592. The summed E-state index contributed by atoms with van der Waals surface area (Å²) >= 11 is 0. The second kappa shape index (κ2) is 13.6. The Labute approximate surface area is 279 Å². The van der Waals surface area contributed by atoms with Crippen LogP contribution < -0.4 is 4.74 Å². The summed E-state index contributed by atoms with van der Waals surface area (Å²) in [6.45, 7) is 9.86. The van der Waals surface area contributed by atoms with Crippen LogP contribution in [-0.4, -0.2) is 73.3 Å². The first-order valence-corrected chi connectivity index (χ1v) is 16.9. The number of piperidine rings is 1. The summed E-state index contributed by atoms with van der Waals surface area (Å²) in [7, 11) is 0. The maximum absolute atomic E-state index is 12.9. The van der Waals surface area contributed by atoms with E-state index in [1.807, 2.05) is 63.2 Å². The molecule has 48 heavy (non-hydrogen) atoms. The fourth-order valence-corrected chi connectivity index (χ4v) is 6.54. The zero-order valence-electron chi connectivity index (χ0n) is 27.9. The minimum Gasteiger partial charge on any atom is -0.473 e. The van der Waals surface area contributed by atoms with Gasteiger partial charge in [0, 0.05) is 29.7 Å². The van der Waals surface area contributed by atoms with Crippen LogP contribution in [0.15, 0.2) is 60.8 Å². The molecule has 0 spiro atoms. The summed E-state index contributed by atoms with van der Waals surface area (Å²) in [4.78, 5) is 25.2. The predicted octanol–water partition coefficient (Wildman–Crippen LogP) is 6.45. The minimum atomic E-state index is -0.563. The monoisotopic (exact) mass is 654 g/mol. The van der Waals surface area contributed by atoms with Gasteiger partial charge in [-0.15, -0.1) is 0 Å². The van der Waals surface area contributed by atoms with Gasteiger partial charge in [0.2, 0.25) is 5.88 Å². The van der Waals surface area contributed by atoms with Crippen LogP contribution in [0.1, 0.15) is 73.4 Å². The average molecular weight is 655 g/mol. The molecule has 252 valence electrons. The molecule has 0 N–H and O–H groups in total. The number of hydrogen-bond donors (Lipinski definition) is 0. The van der Waals surface area contributed by atoms with E-state index in [9.17, 15) is 9.18 Å². The third kappa shape index (κ3) is 7.22. The van der Waals surface area contributed by atoms with Gasteiger partial charge >= 0.3 is 5.97 Å². The molecule has 2 saturated heterocycles. The molecule has 2 aromatic carbocycles. The minimum absolute atomic E-state index is 0.158. The van der Waals surface area contributed by atoms with E-state index in [0.29, 0.717) is 30.5 Å². The highest BCUT2D eigenvalue weighted by molar-refractivity contribution is 5.94. The predicted molar refractivity (Wildman–Crippen MR) is 181 cm³/mol. The smallest absolute Gasteiger partial charge is 0.338 e. The Morgan fingerprint density at radius 3 is 2.60 bits per heavy atom. The standard InChI is InChI=1S/C37H43FN6O4/c1-37(2,3)48-36(45)27-9-10-31-33(20-27)43(22-29-13-18-46-29)34(40-31)23-42-15-11-26(12-16-42)30-5-4-6-35(41-30)47-24-25-7-8-28-21-39-44(17-14-38)32(28)19-25/h4-10,19-21,26,29H,11-18,22-24H2,1-3H3. The van der Waals surface area contributed by atoms with E-state index in [-0.39, 0.29) is 18.6 Å². The highest BCUT2D eigenvalue weighted by Gasteiger charge is 2.27. The first-order chi connectivity index (χ1) is 23.2. The van der Waals surface area contributed by atoms with Crippen molar-refractivity contribution in [2.24, 2.45) is 0 Å². The zero-order valence-corrected chi connectivity index (χ0v) is 27.9. The van der Waals surface area contributed by atoms with E-state index in [2.05, 4.69) is 20.6 Å². The number of fused-ring (bicyclic) bond motifs is 2. The normalized spacial score (nSPS) is 17.5. The number of carbonyl (C=O) groups is 1. The lowest BCUT2D eigenvalue weighted by atomic mass is 9.93. The van der Waals surface area contributed by atoms with Crippen molar-refractivity contribution in [2.45, 2.75) is 83.9 Å². The second-order valence-corrected chi connectivity index (χ2v) is 13.8. The molecule has 10 nitrogen and oxygen atoms in total. The molecule has 1 unspecified atom stereocenters. The van der Waals surface area contributed by atoms with Crippen LogP contribution in [0.5, 0.6) is 5.88 Å². The van der Waals surface area contributed by atoms with E-state index in [4.69, 9.17) is 24.2 Å². The van der Waals surface area contributed by atoms with Crippen molar-refractivity contribution in [3.05, 3.63) is 83.4 Å². The number of esters is 1. The molecule has 0 aliphatic carbocycles. The quantitative estimate of drug-likeness (QED) is 0.150. The molecular weight excluding hydrogens is 611 g/mol. The number of halogens is 1. The van der Waals surface area contributed by atoms with E-state index in [0.717, 1.165) is 84.5 Å². The first-order valence-electron chi connectivity index (χ1n) is 16.9. The molecule has 0 radical (unpaired) electrons. The number of alkyl halides is 1. The number of rotatable bonds is 11. The van der Waals surface area contributed by atoms with Gasteiger partial charge in [-0.1, -0.05) is 18.2 Å². The van der Waals surface area contributed by atoms with Crippen molar-refractivity contribution in [3.8, 4) is 5.88 Å². The van der Waals surface area contributed by atoms with Gasteiger partial charge in [-0.2, -0.15) is 5.10 Å². The Balaban J connectivity index is 0.997. The number of ether oxygens (including phenoxy) is 3. The van der Waals surface area contributed by atoms with Crippen molar-refractivity contribution in [2.75, 3.05) is 26.4 Å². The highest BCUT2D eigenvalue weighted by Crippen LogP contribution is 2.30. The molecule has 2 fully saturated rings. The lowest BCUT2D eigenvalue weighted by Crippen LogP contribution is -2.35. The van der Waals surface area contributed by atoms with E-state index >= 15 is 0 Å². The van der Waals surface area contributed by atoms with Crippen molar-refractivity contribution in [1.82, 2.24) is 29.2 Å². The molecule has 11 heteroatoms. The Kier molecular flexibility index (Phi) is 9.15. The Morgan fingerprint density at radius 2 is 1.85 bits per heavy atom. The molecule has 1 atom stereocenters. The summed E-state index contributed by atoms with van der Waals surface area (Å²) in [5.41, 5.74) is 4.71. The summed E-state index contributed by atoms with van der Waals surface area (Å²) in [6, 6.07) is 17.6. The molecule has 2 aliphatic rings. The molecule has 5 heterocycles. The van der Waals surface area contributed by atoms with Crippen LogP contribution in [-0.2, 0) is 35.7 Å². The van der Waals surface area contributed by atoms with Crippen LogP contribution in [0, 0.1) is 0 Å². The van der Waals surface area contributed by atoms with Gasteiger partial charge in [-0.25, -0.2) is 19.2 Å². The Morgan fingerprint density at radius 1 is 1.02 bits per heavy atom. The van der Waals surface area contributed by atoms with Gasteiger partial charge in [0.15, 0.2) is 0 Å². The fourth-order valence-electron chi connectivity index (χ4n) is 6.54. The van der Waals surface area contributed by atoms with Crippen molar-refractivity contribution in [3.63, 3.8) is 0 Å². The maximum atomic E-state index is 12.9. The molecule has 7 rings (SSSR count). The van der Waals surface area contributed by atoms with Crippen LogP contribution in [0.2, 0.25) is 0 Å². The summed E-state index contributed by atoms with van der Waals surface area (Å²) < 4.78 is 34.4. The van der Waals surface area contributed by atoms with Gasteiger partial charge in [0.25, 0.3) is 0 Å². The highest BCUT2D eigenvalue weighted by atomic mass is 19.1. The molecule has 0 bridgehead atoms. The van der Waals surface area contributed by atoms with Gasteiger partial charge in [-0.05, 0) is 89.0 Å². The Hall–Kier alpha value is -4.35. The van der Waals surface area contributed by atoms with E-state index < -0.39 is 12.3 Å². The number of carbonyl (C=O) groups excluding carboxylic acids is 1. The number of aromatic nitrogens is 5. The molecule has 0 amide bonds. The Bertz CT molecular complexity index is 1900. The average Bonchev–Trinajstić information content (AvgIpc) is 3.61. The second-order valence-electron chi connectivity index (χ2n) is 13.8. The maximum Gasteiger partial charge on any atom is 0.338 e. The first kappa shape index (κ1) is 32.2. The summed E-state index contributed by atoms with van der Waals surface area (Å²) in [6.07, 6.45) is 4.91. The number of pyridine rings is 1. The van der Waals surface area contributed by atoms with Gasteiger partial charge in [-0.3, -0.25) is 9.58 Å². The number of nitrogens with zero attached hydrogens (tertiary/aromatic N) is 6. The van der Waals surface area contributed by atoms with Gasteiger partial charge in [0.05, 0.1) is 54.0 Å². The third-order valence-corrected chi connectivity index (χ3v) is 9.15. The third-order valence-electron chi connectivity index (χ3n) is 9.15. The molecule has 5 aromatic rings. The zero-order chi connectivity index (χ0) is 33.3. The molecular formula is C37H43FN6O4. The number of benzene rings is 2. The summed E-state index contributed by atoms with van der Waals surface area (Å²) in [5, 5.41) is 5.26. The number of aryl methyl sites for hydroxylation is 1. The molecule has 2 aliphatic heterocycles. The molecule has 3 aromatic heterocycles. The van der Waals surface area contributed by atoms with Crippen molar-refractivity contribution >= 4 is 27.9 Å². The topological polar surface area (TPSA) is 96.5 Å². The van der Waals surface area contributed by atoms with Crippen molar-refractivity contribution < 1.29 is 23.4 Å². The van der Waals surface area contributed by atoms with E-state index in [1.54, 1.807) is 16.9 Å². The lowest BCUT2D eigenvalue weighted by Gasteiger charge is -2.32. The number of hydrogen-bond acceptors (Lipinski definition) is 8. The van der Waals surface area contributed by atoms with Crippen LogP contribution in [0.25, 0.3) is 21.9 Å². The SMILES string of the molecule is CC(C)(C)OC(=O)c1ccc2nc(CN3CCC(c4cccc(OCc5ccc6cnn(CCF)c6c5)n4)CC3)n(CC3CCO3)c2c1. The van der Waals surface area contributed by atoms with Crippen molar-refractivity contribution in [1.29, 1.82) is 0 Å². The van der Waals surface area contributed by atoms with Gasteiger partial charge in [0.1, 0.15) is 24.7 Å². The number of likely N-dealkylation sites (tertiary alicyclic amines) is 1. The van der Waals surface area contributed by atoms with E-state index in [1.165, 1.54) is 0 Å². The fraction of sp³-hybridized carbons (Fsp3) is 0.459. The van der Waals surface area contributed by atoms with Crippen LogP contribution >= 0.6 is 0 Å². The molecule has 0 saturated carbocycles. The van der Waals surface area contributed by atoms with Crippen LogP contribution in [0.3, 0.4) is 0 Å². The largest absolute Gasteiger partial charge is 0.473 e. The number of imidazole rings is 1. The van der Waals surface area contributed by atoms with Gasteiger partial charge < -0.3 is 18.8 Å². The summed E-state index contributed by atoms with van der Waals surface area (Å²) in [5.74, 6) is 1.60.